The van der Waals surface area contributed by atoms with Gasteiger partial charge in [0.1, 0.15) is 11.2 Å². The van der Waals surface area contributed by atoms with Gasteiger partial charge in [0.2, 0.25) is 0 Å². The molecule has 0 atom stereocenters. The number of anilines is 1. The number of carbonyl (C=O) groups is 1. The Bertz CT molecular complexity index is 2430. The Balaban J connectivity index is 0.00000338. The van der Waals surface area contributed by atoms with Crippen molar-refractivity contribution in [1.82, 2.24) is 10.3 Å². The molecule has 6 aromatic carbocycles. The maximum absolute atomic E-state index is 13.4. The molecule has 1 heterocycles. The van der Waals surface area contributed by atoms with E-state index in [0.717, 1.165) is 66.9 Å². The van der Waals surface area contributed by atoms with Crippen molar-refractivity contribution in [2.45, 2.75) is 20.3 Å². The van der Waals surface area contributed by atoms with Gasteiger partial charge < -0.3 is 15.1 Å². The zero-order valence-corrected chi connectivity index (χ0v) is 26.5. The Kier molecular flexibility index (Phi) is 7.67. The summed E-state index contributed by atoms with van der Waals surface area (Å²) in [6, 6.07) is 33.1. The molecule has 8 rings (SSSR count). The first-order chi connectivity index (χ1) is 22.1. The summed E-state index contributed by atoms with van der Waals surface area (Å²) in [6.07, 6.45) is 0.711. The molecule has 2 aliphatic rings. The topological polar surface area (TPSA) is 79.5 Å². The lowest BCUT2D eigenvalue weighted by Crippen LogP contribution is -2.25. The van der Waals surface area contributed by atoms with E-state index in [9.17, 15) is 4.79 Å². The first kappa shape index (κ1) is 29.5. The minimum atomic E-state index is -0.0620. The molecule has 0 unspecified atom stereocenters. The molecule has 0 spiro atoms. The summed E-state index contributed by atoms with van der Waals surface area (Å²) >= 11 is 0. The number of benzene rings is 7. The summed E-state index contributed by atoms with van der Waals surface area (Å²) in [6.45, 7) is 6.09. The van der Waals surface area contributed by atoms with Crippen LogP contribution in [0.2, 0.25) is 0 Å². The molecular formula is C39H33ClN4O2. The molecule has 0 saturated heterocycles. The molecule has 7 heteroatoms. The Morgan fingerprint density at radius 1 is 0.826 bits per heavy atom. The highest BCUT2D eigenvalue weighted by Gasteiger charge is 2.17. The standard InChI is InChI=1S/C39H32N4O2.ClH/c1-3-40-31-21-34-33(20-23(31)2)43-38-29-11-5-4-10-27(29)32(22-35(38)45-34)41-18-7-19-42-39(44)30-17-15-26-13-12-24-8-6-9-25-14-16-28(30)37(26)36(24)25;/h4-6,8-17,20-22,40H,3,7,18-19H2,1-2H3,(H,42,44);1H. The van der Waals surface area contributed by atoms with Crippen molar-refractivity contribution in [3.05, 3.63) is 114 Å². The van der Waals surface area contributed by atoms with Crippen molar-refractivity contribution in [1.29, 1.82) is 0 Å². The largest absolute Gasteiger partial charge is 0.453 e. The van der Waals surface area contributed by atoms with E-state index in [4.69, 9.17) is 14.4 Å². The second kappa shape index (κ2) is 12.0. The van der Waals surface area contributed by atoms with Crippen LogP contribution in [0.3, 0.4) is 0 Å². The molecule has 46 heavy (non-hydrogen) atoms. The second-order valence-electron chi connectivity index (χ2n) is 11.6. The molecular weight excluding hydrogens is 592 g/mol. The lowest BCUT2D eigenvalue weighted by atomic mass is 9.92. The lowest BCUT2D eigenvalue weighted by molar-refractivity contribution is 0.0955. The van der Waals surface area contributed by atoms with Gasteiger partial charge in [-0.25, -0.2) is 4.98 Å². The smallest absolute Gasteiger partial charge is 0.251 e. The number of rotatable bonds is 7. The monoisotopic (exact) mass is 624 g/mol. The van der Waals surface area contributed by atoms with Crippen molar-refractivity contribution in [2.24, 2.45) is 4.99 Å². The van der Waals surface area contributed by atoms with E-state index in [1.54, 1.807) is 0 Å². The average Bonchev–Trinajstić information content (AvgIpc) is 3.06. The first-order valence-electron chi connectivity index (χ1n) is 15.5. The fourth-order valence-electron chi connectivity index (χ4n) is 6.61. The first-order valence-corrected chi connectivity index (χ1v) is 15.5. The zero-order valence-electron chi connectivity index (χ0n) is 25.7. The molecule has 1 amide bonds. The highest BCUT2D eigenvalue weighted by Crippen LogP contribution is 2.36. The fourth-order valence-corrected chi connectivity index (χ4v) is 6.61. The number of fused-ring (bicyclic) bond motifs is 4. The van der Waals surface area contributed by atoms with Crippen molar-refractivity contribution in [2.75, 3.05) is 25.0 Å². The van der Waals surface area contributed by atoms with Gasteiger partial charge in [-0.1, -0.05) is 72.8 Å². The van der Waals surface area contributed by atoms with Crippen LogP contribution in [-0.4, -0.2) is 30.5 Å². The Hall–Kier alpha value is -5.20. The van der Waals surface area contributed by atoms with Gasteiger partial charge in [-0.15, -0.1) is 12.4 Å². The van der Waals surface area contributed by atoms with Gasteiger partial charge >= 0.3 is 0 Å². The minimum Gasteiger partial charge on any atom is -0.453 e. The summed E-state index contributed by atoms with van der Waals surface area (Å²) in [5.74, 6) is 0.640. The Labute approximate surface area is 272 Å². The Morgan fingerprint density at radius 3 is 2.37 bits per heavy atom. The predicted octanol–water partition coefficient (Wildman–Crippen LogP) is 8.87. The van der Waals surface area contributed by atoms with Gasteiger partial charge in [0.15, 0.2) is 11.3 Å². The van der Waals surface area contributed by atoms with E-state index in [-0.39, 0.29) is 18.3 Å². The van der Waals surface area contributed by atoms with Crippen LogP contribution in [0.25, 0.3) is 65.6 Å². The number of amides is 1. The van der Waals surface area contributed by atoms with E-state index in [1.165, 1.54) is 16.2 Å². The summed E-state index contributed by atoms with van der Waals surface area (Å²) in [4.78, 5) is 23.3. The number of aryl methyl sites for hydroxylation is 1. The van der Waals surface area contributed by atoms with Crippen LogP contribution in [0.15, 0.2) is 106 Å². The van der Waals surface area contributed by atoms with Gasteiger partial charge in [0.05, 0.1) is 5.36 Å². The molecule has 0 fully saturated rings. The van der Waals surface area contributed by atoms with Crippen LogP contribution >= 0.6 is 12.4 Å². The molecule has 6 nitrogen and oxygen atoms in total. The molecule has 228 valence electrons. The second-order valence-corrected chi connectivity index (χ2v) is 11.6. The van der Waals surface area contributed by atoms with Crippen LogP contribution in [0, 0.1) is 6.92 Å². The normalized spacial score (nSPS) is 12.1. The maximum atomic E-state index is 13.4. The highest BCUT2D eigenvalue weighted by molar-refractivity contribution is 6.26. The molecule has 6 aromatic rings. The third kappa shape index (κ3) is 4.95. The van der Waals surface area contributed by atoms with Crippen molar-refractivity contribution < 1.29 is 9.21 Å². The van der Waals surface area contributed by atoms with Crippen molar-refractivity contribution in [3.63, 3.8) is 0 Å². The van der Waals surface area contributed by atoms with E-state index < -0.39 is 0 Å². The van der Waals surface area contributed by atoms with Crippen LogP contribution in [0.4, 0.5) is 5.69 Å². The number of nitrogens with zero attached hydrogens (tertiary/aromatic N) is 2. The van der Waals surface area contributed by atoms with Crippen LogP contribution in [0.5, 0.6) is 0 Å². The zero-order chi connectivity index (χ0) is 30.5. The van der Waals surface area contributed by atoms with Gasteiger partial charge in [-0.3, -0.25) is 9.79 Å². The summed E-state index contributed by atoms with van der Waals surface area (Å²) in [5, 5.41) is 16.3. The summed E-state index contributed by atoms with van der Waals surface area (Å²) in [7, 11) is 0. The maximum Gasteiger partial charge on any atom is 0.251 e. The number of nitrogens with one attached hydrogen (secondary N) is 2. The van der Waals surface area contributed by atoms with Crippen LogP contribution in [-0.2, 0) is 0 Å². The van der Waals surface area contributed by atoms with E-state index in [2.05, 4.69) is 91.2 Å². The molecule has 0 aromatic heterocycles. The SMILES string of the molecule is CCNc1cc2oc3cc(=NCCCNC(=O)c4ccc5ccc6cccc7ccc4c5c67)c4ccccc4c-3nc2cc1C.Cl. The van der Waals surface area contributed by atoms with Gasteiger partial charge in [-0.2, -0.15) is 0 Å². The van der Waals surface area contributed by atoms with Crippen LogP contribution < -0.4 is 16.0 Å². The van der Waals surface area contributed by atoms with Gasteiger partial charge in [0, 0.05) is 53.8 Å². The van der Waals surface area contributed by atoms with E-state index in [0.29, 0.717) is 30.8 Å². The molecule has 0 bridgehead atoms. The molecule has 1 aliphatic carbocycles. The summed E-state index contributed by atoms with van der Waals surface area (Å²) in [5.41, 5.74) is 5.27. The van der Waals surface area contributed by atoms with Crippen molar-refractivity contribution >= 4 is 78.2 Å². The quantitative estimate of drug-likeness (QED) is 0.105. The lowest BCUT2D eigenvalue weighted by Gasteiger charge is -2.14. The fraction of sp³-hybridized carbons (Fsp3) is 0.154. The van der Waals surface area contributed by atoms with Crippen molar-refractivity contribution in [3.8, 4) is 11.5 Å². The van der Waals surface area contributed by atoms with Gasteiger partial charge in [0.25, 0.3) is 5.91 Å². The number of hydrogen-bond donors (Lipinski definition) is 2. The number of carbonyl (C=O) groups excluding carboxylic acids is 1. The third-order valence-corrected chi connectivity index (χ3v) is 8.76. The number of hydrogen-bond acceptors (Lipinski definition) is 5. The average molecular weight is 625 g/mol. The molecule has 0 radical (unpaired) electrons. The van der Waals surface area contributed by atoms with Crippen LogP contribution in [0.1, 0.15) is 29.3 Å². The highest BCUT2D eigenvalue weighted by atomic mass is 35.5. The molecule has 2 N–H and O–H groups in total. The third-order valence-electron chi connectivity index (χ3n) is 8.76. The number of halogens is 1. The molecule has 0 saturated carbocycles. The minimum absolute atomic E-state index is 0. The van der Waals surface area contributed by atoms with Gasteiger partial charge in [-0.05, 0) is 70.3 Å². The predicted molar refractivity (Wildman–Crippen MR) is 192 cm³/mol. The Morgan fingerprint density at radius 2 is 1.57 bits per heavy atom. The summed E-state index contributed by atoms with van der Waals surface area (Å²) < 4.78 is 6.40. The van der Waals surface area contributed by atoms with E-state index >= 15 is 0 Å². The molecule has 1 aliphatic heterocycles. The number of aromatic nitrogens is 1. The van der Waals surface area contributed by atoms with E-state index in [1.807, 2.05) is 30.3 Å².